The highest BCUT2D eigenvalue weighted by Gasteiger charge is 2.43. The molecule has 4 aromatic rings. The van der Waals surface area contributed by atoms with Crippen molar-refractivity contribution in [3.8, 4) is 17.2 Å². The third kappa shape index (κ3) is 3.78. The fourth-order valence-corrected chi connectivity index (χ4v) is 4.61. The zero-order valence-corrected chi connectivity index (χ0v) is 19.1. The van der Waals surface area contributed by atoms with Crippen molar-refractivity contribution in [3.63, 3.8) is 0 Å². The zero-order chi connectivity index (χ0) is 22.8. The summed E-state index contributed by atoms with van der Waals surface area (Å²) in [5.41, 5.74) is 3.72. The van der Waals surface area contributed by atoms with Gasteiger partial charge in [-0.25, -0.2) is 0 Å². The largest absolute Gasteiger partial charge is 0.497 e. The highest BCUT2D eigenvalue weighted by atomic mass is 32.1. The number of methoxy groups -OCH3 is 2. The van der Waals surface area contributed by atoms with Crippen molar-refractivity contribution in [2.45, 2.75) is 12.1 Å². The molecule has 33 heavy (non-hydrogen) atoms. The number of hydrogen-bond donors (Lipinski definition) is 1. The smallest absolute Gasteiger partial charge is 0.174 e. The zero-order valence-electron chi connectivity index (χ0n) is 18.3. The van der Waals surface area contributed by atoms with Gasteiger partial charge in [0.1, 0.15) is 17.5 Å². The van der Waals surface area contributed by atoms with E-state index in [-0.39, 0.29) is 12.1 Å². The SMILES string of the molecule is COc1ccc(OC)c(N2C(=S)N[C@@H](c3ccccn3)[C@H]2c2cccn2-c2cccnc2)c1. The Bertz CT molecular complexity index is 1260. The monoisotopic (exact) mass is 457 g/mol. The molecule has 0 amide bonds. The van der Waals surface area contributed by atoms with Crippen molar-refractivity contribution in [2.75, 3.05) is 19.1 Å². The van der Waals surface area contributed by atoms with Crippen LogP contribution in [0.4, 0.5) is 5.69 Å². The summed E-state index contributed by atoms with van der Waals surface area (Å²) in [7, 11) is 3.30. The Morgan fingerprint density at radius 1 is 0.970 bits per heavy atom. The van der Waals surface area contributed by atoms with Gasteiger partial charge >= 0.3 is 0 Å². The van der Waals surface area contributed by atoms with E-state index in [0.29, 0.717) is 10.9 Å². The number of thiocarbonyl (C=S) groups is 1. The number of aromatic nitrogens is 3. The molecule has 8 heteroatoms. The molecule has 5 rings (SSSR count). The molecule has 0 unspecified atom stereocenters. The van der Waals surface area contributed by atoms with E-state index in [0.717, 1.165) is 28.5 Å². The highest BCUT2D eigenvalue weighted by Crippen LogP contribution is 2.45. The molecule has 1 aliphatic heterocycles. The van der Waals surface area contributed by atoms with Crippen LogP contribution in [0.2, 0.25) is 0 Å². The molecule has 0 bridgehead atoms. The van der Waals surface area contributed by atoms with E-state index in [1.54, 1.807) is 26.6 Å². The van der Waals surface area contributed by atoms with Crippen molar-refractivity contribution in [1.82, 2.24) is 19.9 Å². The number of benzene rings is 1. The molecular formula is C25H23N5O2S. The molecule has 1 N–H and O–H groups in total. The van der Waals surface area contributed by atoms with E-state index >= 15 is 0 Å². The number of nitrogens with zero attached hydrogens (tertiary/aromatic N) is 4. The normalized spacial score (nSPS) is 17.6. The second-order valence-corrected chi connectivity index (χ2v) is 7.94. The standard InChI is InChI=1S/C25H23N5O2S/c1-31-18-10-11-22(32-2)21(15-18)30-24(23(28-25(30)33)19-8-3-4-13-27-19)20-9-6-14-29(20)17-7-5-12-26-16-17/h3-16,23-24H,1-2H3,(H,28,33)/t23-,24+/m0/s1. The minimum atomic E-state index is -0.205. The lowest BCUT2D eigenvalue weighted by molar-refractivity contribution is 0.402. The molecule has 0 spiro atoms. The lowest BCUT2D eigenvalue weighted by atomic mass is 10.0. The van der Waals surface area contributed by atoms with Gasteiger partial charge in [0.15, 0.2) is 5.11 Å². The van der Waals surface area contributed by atoms with Gasteiger partial charge in [-0.2, -0.15) is 0 Å². The number of anilines is 1. The molecular weight excluding hydrogens is 434 g/mol. The van der Waals surface area contributed by atoms with Crippen LogP contribution in [-0.4, -0.2) is 33.9 Å². The Morgan fingerprint density at radius 2 is 1.88 bits per heavy atom. The predicted octanol–water partition coefficient (Wildman–Crippen LogP) is 4.46. The van der Waals surface area contributed by atoms with E-state index in [1.165, 1.54) is 0 Å². The second kappa shape index (κ2) is 8.91. The van der Waals surface area contributed by atoms with E-state index in [1.807, 2.05) is 67.0 Å². The molecule has 4 heterocycles. The maximum atomic E-state index is 5.87. The molecule has 0 saturated carbocycles. The van der Waals surface area contributed by atoms with E-state index in [4.69, 9.17) is 21.7 Å². The van der Waals surface area contributed by atoms with Crippen LogP contribution >= 0.6 is 12.2 Å². The molecule has 1 fully saturated rings. The maximum absolute atomic E-state index is 5.87. The Balaban J connectivity index is 1.70. The van der Waals surface area contributed by atoms with Crippen LogP contribution < -0.4 is 19.7 Å². The van der Waals surface area contributed by atoms with E-state index in [2.05, 4.69) is 30.8 Å². The molecule has 1 aromatic carbocycles. The van der Waals surface area contributed by atoms with Crippen LogP contribution in [0.25, 0.3) is 5.69 Å². The van der Waals surface area contributed by atoms with Gasteiger partial charge in [-0.3, -0.25) is 9.97 Å². The van der Waals surface area contributed by atoms with Crippen molar-refractivity contribution >= 4 is 23.0 Å². The summed E-state index contributed by atoms with van der Waals surface area (Å²) in [6.45, 7) is 0. The topological polar surface area (TPSA) is 64.4 Å². The van der Waals surface area contributed by atoms with Crippen LogP contribution in [0.15, 0.2) is 85.5 Å². The molecule has 3 aromatic heterocycles. The van der Waals surface area contributed by atoms with Crippen LogP contribution in [0.5, 0.6) is 11.5 Å². The quantitative estimate of drug-likeness (QED) is 0.429. The van der Waals surface area contributed by atoms with Crippen molar-refractivity contribution in [3.05, 3.63) is 96.8 Å². The number of hydrogen-bond acceptors (Lipinski definition) is 5. The van der Waals surface area contributed by atoms with Gasteiger partial charge in [-0.15, -0.1) is 0 Å². The summed E-state index contributed by atoms with van der Waals surface area (Å²) < 4.78 is 13.3. The van der Waals surface area contributed by atoms with Crippen LogP contribution in [0, 0.1) is 0 Å². The fraction of sp³-hybridized carbons (Fsp3) is 0.160. The van der Waals surface area contributed by atoms with Gasteiger partial charge in [0, 0.05) is 30.4 Å². The average molecular weight is 458 g/mol. The second-order valence-electron chi connectivity index (χ2n) is 7.55. The summed E-state index contributed by atoms with van der Waals surface area (Å²) in [5.74, 6) is 1.42. The lowest BCUT2D eigenvalue weighted by Gasteiger charge is -2.30. The van der Waals surface area contributed by atoms with Gasteiger partial charge in [0.25, 0.3) is 0 Å². The van der Waals surface area contributed by atoms with Gasteiger partial charge in [-0.1, -0.05) is 6.07 Å². The van der Waals surface area contributed by atoms with Crippen molar-refractivity contribution in [1.29, 1.82) is 0 Å². The summed E-state index contributed by atoms with van der Waals surface area (Å²) in [6, 6.07) is 19.3. The predicted molar refractivity (Wildman–Crippen MR) is 131 cm³/mol. The van der Waals surface area contributed by atoms with E-state index in [9.17, 15) is 0 Å². The third-order valence-corrected chi connectivity index (χ3v) is 6.07. The first-order valence-corrected chi connectivity index (χ1v) is 10.9. The third-order valence-electron chi connectivity index (χ3n) is 5.75. The summed E-state index contributed by atoms with van der Waals surface area (Å²) in [6.07, 6.45) is 7.44. The Hall–Kier alpha value is -3.91. The van der Waals surface area contributed by atoms with Crippen LogP contribution in [0.1, 0.15) is 23.5 Å². The van der Waals surface area contributed by atoms with E-state index < -0.39 is 0 Å². The maximum Gasteiger partial charge on any atom is 0.174 e. The van der Waals surface area contributed by atoms with Crippen molar-refractivity contribution < 1.29 is 9.47 Å². The minimum Gasteiger partial charge on any atom is -0.497 e. The molecule has 1 aliphatic rings. The van der Waals surface area contributed by atoms with Crippen LogP contribution in [0.3, 0.4) is 0 Å². The van der Waals surface area contributed by atoms with Gasteiger partial charge in [-0.05, 0) is 60.7 Å². The van der Waals surface area contributed by atoms with Gasteiger partial charge < -0.3 is 24.3 Å². The number of nitrogens with one attached hydrogen (secondary N) is 1. The Labute approximate surface area is 197 Å². The average Bonchev–Trinajstić information content (AvgIpc) is 3.49. The molecule has 0 aliphatic carbocycles. The first kappa shape index (κ1) is 21.0. The lowest BCUT2D eigenvalue weighted by Crippen LogP contribution is -2.30. The summed E-state index contributed by atoms with van der Waals surface area (Å²) in [4.78, 5) is 11.0. The van der Waals surface area contributed by atoms with Crippen molar-refractivity contribution in [2.24, 2.45) is 0 Å². The fourth-order valence-electron chi connectivity index (χ4n) is 4.27. The minimum absolute atomic E-state index is 0.181. The van der Waals surface area contributed by atoms with Gasteiger partial charge in [0.05, 0.1) is 43.5 Å². The Morgan fingerprint density at radius 3 is 2.61 bits per heavy atom. The van der Waals surface area contributed by atoms with Gasteiger partial charge in [0.2, 0.25) is 0 Å². The molecule has 1 saturated heterocycles. The summed E-state index contributed by atoms with van der Waals surface area (Å²) in [5, 5.41) is 4.08. The molecule has 166 valence electrons. The van der Waals surface area contributed by atoms with Crippen LogP contribution in [-0.2, 0) is 0 Å². The number of pyridine rings is 2. The molecule has 0 radical (unpaired) electrons. The molecule has 7 nitrogen and oxygen atoms in total. The summed E-state index contributed by atoms with van der Waals surface area (Å²) >= 11 is 5.87. The Kier molecular flexibility index (Phi) is 5.66. The first-order chi connectivity index (χ1) is 16.2. The number of rotatable bonds is 6. The highest BCUT2D eigenvalue weighted by molar-refractivity contribution is 7.80. The number of ether oxygens (including phenoxy) is 2. The first-order valence-electron chi connectivity index (χ1n) is 10.5. The molecule has 2 atom stereocenters.